The number of unbranched alkanes of at least 4 members (excludes halogenated alkanes) is 3. The van der Waals surface area contributed by atoms with Gasteiger partial charge < -0.3 is 20.5 Å². The summed E-state index contributed by atoms with van der Waals surface area (Å²) in [5.41, 5.74) is 5.51. The van der Waals surface area contributed by atoms with Gasteiger partial charge in [-0.25, -0.2) is 9.34 Å². The average Bonchev–Trinajstić information content (AvgIpc) is 2.65. The number of nitrogens with two attached hydrogens (primary N) is 1. The van der Waals surface area contributed by atoms with Crippen LogP contribution in [0.5, 0.6) is 0 Å². The average molecular weight is 378 g/mol. The molecule has 0 aromatic rings. The van der Waals surface area contributed by atoms with Gasteiger partial charge in [-0.3, -0.25) is 4.57 Å². The van der Waals surface area contributed by atoms with Crippen LogP contribution >= 0.6 is 19.7 Å². The molecule has 2 saturated heterocycles. The van der Waals surface area contributed by atoms with E-state index < -0.39 is 7.44 Å². The van der Waals surface area contributed by atoms with E-state index in [2.05, 4.69) is 5.32 Å². The van der Waals surface area contributed by atoms with Crippen molar-refractivity contribution in [1.82, 2.24) is 14.7 Å². The van der Waals surface area contributed by atoms with E-state index in [4.69, 9.17) is 27.4 Å². The van der Waals surface area contributed by atoms with E-state index in [0.29, 0.717) is 57.3 Å². The van der Waals surface area contributed by atoms with E-state index in [1.54, 1.807) is 0 Å². The Bertz CT molecular complexity index is 407. The Balaban J connectivity index is 1.93. The van der Waals surface area contributed by atoms with Gasteiger partial charge in [0, 0.05) is 32.7 Å². The third kappa shape index (κ3) is 5.46. The summed E-state index contributed by atoms with van der Waals surface area (Å²) in [7, 11) is -2.92. The molecule has 0 bridgehead atoms. The second-order valence-corrected chi connectivity index (χ2v) is 9.49. The minimum absolute atomic E-state index is 0.491. The molecular formula is C15H31N4O3PS. The maximum Gasteiger partial charge on any atom is 0.272 e. The van der Waals surface area contributed by atoms with Crippen LogP contribution in [-0.4, -0.2) is 79.8 Å². The summed E-state index contributed by atoms with van der Waals surface area (Å²) < 4.78 is 29.3. The molecule has 140 valence electrons. The fraction of sp³-hybridized carbons (Fsp3) is 0.933. The smallest absolute Gasteiger partial charge is 0.272 e. The molecule has 2 aliphatic rings. The summed E-state index contributed by atoms with van der Waals surface area (Å²) in [5.74, 6) is 0. The third-order valence-corrected chi connectivity index (χ3v) is 8.29. The van der Waals surface area contributed by atoms with Crippen molar-refractivity contribution in [3.8, 4) is 0 Å². The van der Waals surface area contributed by atoms with E-state index in [9.17, 15) is 4.57 Å². The lowest BCUT2D eigenvalue weighted by atomic mass is 10.2. The fourth-order valence-electron chi connectivity index (χ4n) is 3.01. The fourth-order valence-corrected chi connectivity index (χ4v) is 6.40. The van der Waals surface area contributed by atoms with Crippen molar-refractivity contribution in [2.45, 2.75) is 25.7 Å². The van der Waals surface area contributed by atoms with Gasteiger partial charge in [0.25, 0.3) is 7.44 Å². The number of morpholine rings is 2. The zero-order valence-electron chi connectivity index (χ0n) is 14.5. The SMILES string of the molecule is NCCCCCCNC(=S)P(=O)(N1CCOCC1)N1CCOCC1. The van der Waals surface area contributed by atoms with Gasteiger partial charge in [-0.1, -0.05) is 25.1 Å². The van der Waals surface area contributed by atoms with E-state index >= 15 is 0 Å². The topological polar surface area (TPSA) is 80.1 Å². The van der Waals surface area contributed by atoms with Gasteiger partial charge in [-0.2, -0.15) is 0 Å². The van der Waals surface area contributed by atoms with E-state index in [0.717, 1.165) is 38.8 Å². The Morgan fingerprint density at radius 2 is 1.46 bits per heavy atom. The molecule has 2 fully saturated rings. The normalized spacial score (nSPS) is 20.9. The number of nitrogens with one attached hydrogen (secondary N) is 1. The van der Waals surface area contributed by atoms with Gasteiger partial charge in [0.2, 0.25) is 0 Å². The minimum atomic E-state index is -2.92. The predicted octanol–water partition coefficient (Wildman–Crippen LogP) is 1.24. The molecule has 0 amide bonds. The highest BCUT2D eigenvalue weighted by Crippen LogP contribution is 2.54. The molecule has 0 radical (unpaired) electrons. The lowest BCUT2D eigenvalue weighted by Crippen LogP contribution is -2.47. The molecule has 0 aliphatic carbocycles. The monoisotopic (exact) mass is 378 g/mol. The largest absolute Gasteiger partial charge is 0.379 e. The number of hydrogen-bond donors (Lipinski definition) is 2. The van der Waals surface area contributed by atoms with Crippen molar-refractivity contribution in [3.05, 3.63) is 0 Å². The van der Waals surface area contributed by atoms with Gasteiger partial charge in [0.1, 0.15) is 0 Å². The molecule has 2 aliphatic heterocycles. The first-order chi connectivity index (χ1) is 11.7. The molecule has 2 rings (SSSR count). The standard InChI is InChI=1S/C15H31N4O3PS/c16-5-3-1-2-4-6-17-15(24)23(20,18-7-11-21-12-8-18)19-9-13-22-14-10-19/h1-14,16H2,(H,17,24). The lowest BCUT2D eigenvalue weighted by molar-refractivity contribution is 0.0542. The van der Waals surface area contributed by atoms with E-state index in [-0.39, 0.29) is 0 Å². The molecular weight excluding hydrogens is 347 g/mol. The quantitative estimate of drug-likeness (QED) is 0.352. The Hall–Kier alpha value is -0.0800. The van der Waals surface area contributed by atoms with Crippen molar-refractivity contribution in [2.24, 2.45) is 5.73 Å². The van der Waals surface area contributed by atoms with E-state index in [1.165, 1.54) is 0 Å². The summed E-state index contributed by atoms with van der Waals surface area (Å²) in [6.45, 7) is 6.58. The van der Waals surface area contributed by atoms with Crippen LogP contribution in [0.25, 0.3) is 0 Å². The van der Waals surface area contributed by atoms with Crippen molar-refractivity contribution in [1.29, 1.82) is 0 Å². The summed E-state index contributed by atoms with van der Waals surface area (Å²) >= 11 is 5.59. The van der Waals surface area contributed by atoms with Gasteiger partial charge in [0.15, 0.2) is 4.73 Å². The molecule has 0 unspecified atom stereocenters. The number of nitrogens with zero attached hydrogens (tertiary/aromatic N) is 2. The van der Waals surface area contributed by atoms with Crippen LogP contribution in [-0.2, 0) is 14.0 Å². The van der Waals surface area contributed by atoms with Crippen molar-refractivity contribution >= 4 is 24.4 Å². The van der Waals surface area contributed by atoms with Crippen LogP contribution in [0.1, 0.15) is 25.7 Å². The molecule has 9 heteroatoms. The molecule has 7 nitrogen and oxygen atoms in total. The molecule has 0 spiro atoms. The van der Waals surface area contributed by atoms with Gasteiger partial charge in [0.05, 0.1) is 26.4 Å². The van der Waals surface area contributed by atoms with Crippen LogP contribution in [0.4, 0.5) is 0 Å². The van der Waals surface area contributed by atoms with E-state index in [1.807, 2.05) is 9.34 Å². The molecule has 0 atom stereocenters. The Labute approximate surface area is 150 Å². The molecule has 0 aromatic carbocycles. The number of ether oxygens (including phenoxy) is 2. The summed E-state index contributed by atoms with van der Waals surface area (Å²) in [6.07, 6.45) is 4.33. The summed E-state index contributed by atoms with van der Waals surface area (Å²) in [6, 6.07) is 0. The van der Waals surface area contributed by atoms with Gasteiger partial charge in [-0.05, 0) is 19.4 Å². The zero-order chi connectivity index (χ0) is 17.3. The van der Waals surface area contributed by atoms with Gasteiger partial charge >= 0.3 is 0 Å². The first-order valence-corrected chi connectivity index (χ1v) is 11.0. The second kappa shape index (κ2) is 10.8. The molecule has 2 heterocycles. The first-order valence-electron chi connectivity index (χ1n) is 8.94. The Kier molecular flexibility index (Phi) is 9.11. The van der Waals surface area contributed by atoms with Crippen molar-refractivity contribution in [2.75, 3.05) is 65.7 Å². The number of thiocarbonyl (C=S) groups is 1. The second-order valence-electron chi connectivity index (χ2n) is 6.11. The van der Waals surface area contributed by atoms with Gasteiger partial charge in [-0.15, -0.1) is 0 Å². The molecule has 24 heavy (non-hydrogen) atoms. The zero-order valence-corrected chi connectivity index (χ0v) is 16.2. The van der Waals surface area contributed by atoms with Crippen LogP contribution in [0.15, 0.2) is 0 Å². The Morgan fingerprint density at radius 1 is 0.958 bits per heavy atom. The Morgan fingerprint density at radius 3 is 1.96 bits per heavy atom. The number of hydrogen-bond acceptors (Lipinski definition) is 5. The van der Waals surface area contributed by atoms with Crippen molar-refractivity contribution < 1.29 is 14.0 Å². The molecule has 3 N–H and O–H groups in total. The predicted molar refractivity (Wildman–Crippen MR) is 101 cm³/mol. The minimum Gasteiger partial charge on any atom is -0.379 e. The van der Waals surface area contributed by atoms with Crippen molar-refractivity contribution in [3.63, 3.8) is 0 Å². The van der Waals surface area contributed by atoms with Crippen LogP contribution in [0.2, 0.25) is 0 Å². The maximum absolute atomic E-state index is 13.9. The van der Waals surface area contributed by atoms with Crippen LogP contribution in [0, 0.1) is 0 Å². The number of rotatable bonds is 9. The highest BCUT2D eigenvalue weighted by Gasteiger charge is 2.42. The lowest BCUT2D eigenvalue weighted by Gasteiger charge is -2.42. The molecule has 0 aromatic heterocycles. The first kappa shape index (κ1) is 20.2. The highest BCUT2D eigenvalue weighted by molar-refractivity contribution is 7.99. The van der Waals surface area contributed by atoms with Crippen LogP contribution < -0.4 is 11.1 Å². The summed E-state index contributed by atoms with van der Waals surface area (Å²) in [4.78, 5) is 0. The van der Waals surface area contributed by atoms with Crippen LogP contribution in [0.3, 0.4) is 0 Å². The maximum atomic E-state index is 13.9. The summed E-state index contributed by atoms with van der Waals surface area (Å²) in [5, 5.41) is 3.27. The highest BCUT2D eigenvalue weighted by atomic mass is 32.1. The third-order valence-electron chi connectivity index (χ3n) is 4.41. The molecule has 0 saturated carbocycles.